The summed E-state index contributed by atoms with van der Waals surface area (Å²) in [6.07, 6.45) is 0.563. The number of carbonyl (C=O) groups excluding carboxylic acids is 1. The fourth-order valence-electron chi connectivity index (χ4n) is 3.91. The molecule has 190 valence electrons. The first-order valence-electron chi connectivity index (χ1n) is 11.5. The normalized spacial score (nSPS) is 12.4. The lowest BCUT2D eigenvalue weighted by molar-refractivity contribution is -0.136. The average molecular weight is 493 g/mol. The van der Waals surface area contributed by atoms with Crippen molar-refractivity contribution < 1.29 is 27.4 Å². The second-order valence-electron chi connectivity index (χ2n) is 8.20. The van der Waals surface area contributed by atoms with Crippen molar-refractivity contribution >= 4 is 11.7 Å². The van der Waals surface area contributed by atoms with Crippen LogP contribution in [0.2, 0.25) is 0 Å². The highest BCUT2D eigenvalue weighted by Gasteiger charge is 2.29. The monoisotopic (exact) mass is 492 g/mol. The number of hydrogen-bond acceptors (Lipinski definition) is 4. The molecule has 0 saturated heterocycles. The van der Waals surface area contributed by atoms with Gasteiger partial charge in [0.25, 0.3) is 0 Å². The molecule has 2 aromatic heterocycles. The van der Waals surface area contributed by atoms with Crippen LogP contribution in [0.1, 0.15) is 38.7 Å². The average Bonchev–Trinajstić information content (AvgIpc) is 3.31. The molecule has 1 atom stereocenters. The van der Waals surface area contributed by atoms with Gasteiger partial charge in [0.2, 0.25) is 0 Å². The molecule has 0 saturated carbocycles. The number of benzene rings is 1. The number of rotatable bonds is 10. The van der Waals surface area contributed by atoms with Gasteiger partial charge in [-0.2, -0.15) is 13.2 Å². The van der Waals surface area contributed by atoms with Gasteiger partial charge in [-0.25, -0.2) is 9.78 Å². The third-order valence-corrected chi connectivity index (χ3v) is 5.93. The molecule has 0 radical (unpaired) electrons. The van der Waals surface area contributed by atoms with E-state index in [4.69, 9.17) is 9.47 Å². The molecule has 0 fully saturated rings. The van der Waals surface area contributed by atoms with Crippen molar-refractivity contribution in [2.24, 2.45) is 0 Å². The van der Waals surface area contributed by atoms with Crippen LogP contribution < -0.4 is 14.8 Å². The Bertz CT molecular complexity index is 1150. The van der Waals surface area contributed by atoms with E-state index in [9.17, 15) is 18.0 Å². The number of ether oxygens (including phenoxy) is 2. The lowest BCUT2D eigenvalue weighted by Gasteiger charge is -2.26. The summed E-state index contributed by atoms with van der Waals surface area (Å²) in [5.41, 5.74) is 3.26. The fourth-order valence-corrected chi connectivity index (χ4v) is 3.91. The van der Waals surface area contributed by atoms with E-state index in [-0.39, 0.29) is 13.0 Å². The van der Waals surface area contributed by atoms with E-state index in [2.05, 4.69) is 10.3 Å². The van der Waals surface area contributed by atoms with Crippen molar-refractivity contribution in [3.63, 3.8) is 0 Å². The molecule has 7 nitrogen and oxygen atoms in total. The summed E-state index contributed by atoms with van der Waals surface area (Å²) in [5, 5.41) is 2.75. The Hall–Kier alpha value is -3.43. The predicted octanol–water partition coefficient (Wildman–Crippen LogP) is 5.67. The van der Waals surface area contributed by atoms with Gasteiger partial charge in [0, 0.05) is 60.4 Å². The minimum atomic E-state index is -4.25. The van der Waals surface area contributed by atoms with E-state index in [1.165, 1.54) is 7.11 Å². The first-order valence-corrected chi connectivity index (χ1v) is 11.5. The number of amides is 2. The molecule has 2 heterocycles. The molecule has 0 spiro atoms. The van der Waals surface area contributed by atoms with E-state index >= 15 is 0 Å². The SMILES string of the molecule is CC[C@H](CCC(F)(F)F)NC(=O)N(CC)Cc1cc(-c2ccc3nccn3c2)c(OC)cc1OC. The minimum absolute atomic E-state index is 0.157. The summed E-state index contributed by atoms with van der Waals surface area (Å²) in [7, 11) is 3.11. The lowest BCUT2D eigenvalue weighted by Crippen LogP contribution is -2.44. The summed E-state index contributed by atoms with van der Waals surface area (Å²) in [5.74, 6) is 1.15. The number of pyridine rings is 1. The number of urea groups is 1. The first-order chi connectivity index (χ1) is 16.7. The Kier molecular flexibility index (Phi) is 8.48. The number of aromatic nitrogens is 2. The highest BCUT2D eigenvalue weighted by molar-refractivity contribution is 5.76. The van der Waals surface area contributed by atoms with Gasteiger partial charge < -0.3 is 24.1 Å². The van der Waals surface area contributed by atoms with Crippen molar-refractivity contribution in [2.45, 2.75) is 51.9 Å². The maximum atomic E-state index is 12.9. The molecule has 1 N–H and O–H groups in total. The zero-order valence-electron chi connectivity index (χ0n) is 20.4. The van der Waals surface area contributed by atoms with Gasteiger partial charge >= 0.3 is 12.2 Å². The van der Waals surface area contributed by atoms with Gasteiger partial charge in [0.05, 0.1) is 20.8 Å². The molecule has 0 aliphatic carbocycles. The fraction of sp³-hybridized carbons (Fsp3) is 0.440. The Morgan fingerprint density at radius 1 is 1.17 bits per heavy atom. The zero-order chi connectivity index (χ0) is 25.6. The molecule has 3 rings (SSSR count). The van der Waals surface area contributed by atoms with Crippen LogP contribution in [0.3, 0.4) is 0 Å². The molecule has 0 aliphatic heterocycles. The lowest BCUT2D eigenvalue weighted by atomic mass is 10.0. The van der Waals surface area contributed by atoms with Crippen LogP contribution >= 0.6 is 0 Å². The largest absolute Gasteiger partial charge is 0.496 e. The number of imidazole rings is 1. The summed E-state index contributed by atoms with van der Waals surface area (Å²) in [6.45, 7) is 4.16. The third-order valence-electron chi connectivity index (χ3n) is 5.93. The molecule has 1 aromatic carbocycles. The Morgan fingerprint density at radius 2 is 1.91 bits per heavy atom. The minimum Gasteiger partial charge on any atom is -0.496 e. The van der Waals surface area contributed by atoms with Crippen LogP contribution in [0.15, 0.2) is 42.9 Å². The molecule has 0 bridgehead atoms. The van der Waals surface area contributed by atoms with E-state index in [1.54, 1.807) is 31.2 Å². The van der Waals surface area contributed by atoms with Crippen LogP contribution in [-0.4, -0.2) is 53.3 Å². The van der Waals surface area contributed by atoms with Crippen LogP contribution in [-0.2, 0) is 6.54 Å². The molecule has 3 aromatic rings. The van der Waals surface area contributed by atoms with E-state index in [1.807, 2.05) is 41.9 Å². The maximum Gasteiger partial charge on any atom is 0.389 e. The summed E-state index contributed by atoms with van der Waals surface area (Å²) >= 11 is 0. The van der Waals surface area contributed by atoms with Crippen molar-refractivity contribution in [3.8, 4) is 22.6 Å². The molecular weight excluding hydrogens is 461 g/mol. The summed E-state index contributed by atoms with van der Waals surface area (Å²) in [4.78, 5) is 18.7. The molecule has 0 unspecified atom stereocenters. The number of nitrogens with one attached hydrogen (secondary N) is 1. The predicted molar refractivity (Wildman–Crippen MR) is 128 cm³/mol. The number of alkyl halides is 3. The van der Waals surface area contributed by atoms with E-state index in [0.717, 1.165) is 22.3 Å². The molecule has 2 amide bonds. The number of halogens is 3. The summed E-state index contributed by atoms with van der Waals surface area (Å²) in [6, 6.07) is 6.54. The number of carbonyl (C=O) groups is 1. The standard InChI is InChI=1S/C25H31F3N4O3/c1-5-19(9-10-25(26,27)28)30-24(33)31(6-2)16-18-13-20(22(35-4)14-21(18)34-3)17-7-8-23-29-11-12-32(23)15-17/h7-8,11-15,19H,5-6,9-10,16H2,1-4H3,(H,30,33)/t19-/m1/s1. The van der Waals surface area contributed by atoms with Crippen molar-refractivity contribution in [3.05, 3.63) is 48.4 Å². The Balaban J connectivity index is 1.86. The Morgan fingerprint density at radius 3 is 2.54 bits per heavy atom. The number of fused-ring (bicyclic) bond motifs is 1. The van der Waals surface area contributed by atoms with Gasteiger partial charge in [0.15, 0.2) is 0 Å². The van der Waals surface area contributed by atoms with Crippen molar-refractivity contribution in [2.75, 3.05) is 20.8 Å². The van der Waals surface area contributed by atoms with Crippen LogP contribution in [0.4, 0.5) is 18.0 Å². The third kappa shape index (κ3) is 6.58. The number of nitrogens with zero attached hydrogens (tertiary/aromatic N) is 3. The van der Waals surface area contributed by atoms with Gasteiger partial charge in [-0.1, -0.05) is 6.92 Å². The molecular formula is C25H31F3N4O3. The molecule has 0 aliphatic rings. The smallest absolute Gasteiger partial charge is 0.389 e. The van der Waals surface area contributed by atoms with Crippen LogP contribution in [0.25, 0.3) is 16.8 Å². The number of hydrogen-bond donors (Lipinski definition) is 1. The molecule has 10 heteroatoms. The Labute approximate surface area is 202 Å². The topological polar surface area (TPSA) is 68.1 Å². The number of methoxy groups -OCH3 is 2. The second-order valence-corrected chi connectivity index (χ2v) is 8.20. The molecule has 35 heavy (non-hydrogen) atoms. The van der Waals surface area contributed by atoms with E-state index < -0.39 is 24.7 Å². The van der Waals surface area contributed by atoms with E-state index in [0.29, 0.717) is 24.5 Å². The van der Waals surface area contributed by atoms with Gasteiger partial charge in [-0.05, 0) is 38.0 Å². The zero-order valence-corrected chi connectivity index (χ0v) is 20.4. The highest BCUT2D eigenvalue weighted by Crippen LogP contribution is 2.37. The maximum absolute atomic E-state index is 12.9. The quantitative estimate of drug-likeness (QED) is 0.396. The van der Waals surface area contributed by atoms with Crippen LogP contribution in [0, 0.1) is 0 Å². The highest BCUT2D eigenvalue weighted by atomic mass is 19.4. The van der Waals surface area contributed by atoms with Gasteiger partial charge in [-0.15, -0.1) is 0 Å². The first kappa shape index (κ1) is 26.2. The van der Waals surface area contributed by atoms with Crippen LogP contribution in [0.5, 0.6) is 11.5 Å². The van der Waals surface area contributed by atoms with Crippen molar-refractivity contribution in [1.29, 1.82) is 0 Å². The van der Waals surface area contributed by atoms with Crippen molar-refractivity contribution in [1.82, 2.24) is 19.6 Å². The summed E-state index contributed by atoms with van der Waals surface area (Å²) < 4.78 is 51.0. The van der Waals surface area contributed by atoms with Gasteiger partial charge in [-0.3, -0.25) is 0 Å². The van der Waals surface area contributed by atoms with Gasteiger partial charge in [0.1, 0.15) is 17.1 Å². The second kappa shape index (κ2) is 11.3.